The van der Waals surface area contributed by atoms with Gasteiger partial charge in [0.25, 0.3) is 10.0 Å². The highest BCUT2D eigenvalue weighted by atomic mass is 32.2. The fourth-order valence-electron chi connectivity index (χ4n) is 2.14. The Kier molecular flexibility index (Phi) is 3.56. The van der Waals surface area contributed by atoms with Crippen molar-refractivity contribution in [3.63, 3.8) is 0 Å². The minimum Gasteiger partial charge on any atom is -0.277 e. The molecule has 0 fully saturated rings. The van der Waals surface area contributed by atoms with Gasteiger partial charge in [-0.2, -0.15) is 5.26 Å². The van der Waals surface area contributed by atoms with Crippen molar-refractivity contribution in [1.82, 2.24) is 9.29 Å². The van der Waals surface area contributed by atoms with E-state index in [9.17, 15) is 13.2 Å². The van der Waals surface area contributed by atoms with Crippen LogP contribution in [0.25, 0.3) is 0 Å². The molecule has 22 heavy (non-hydrogen) atoms. The van der Waals surface area contributed by atoms with Crippen LogP contribution in [0.4, 0.5) is 10.5 Å². The maximum Gasteiger partial charge on any atom is 0.339 e. The van der Waals surface area contributed by atoms with E-state index in [4.69, 9.17) is 5.26 Å². The number of carbonyl (C=O) groups is 1. The number of sulfonamides is 1. The van der Waals surface area contributed by atoms with Crippen LogP contribution in [0.1, 0.15) is 5.69 Å². The zero-order chi connectivity index (χ0) is 15.7. The normalized spacial score (nSPS) is 16.2. The number of hydrogen-bond acceptors (Lipinski definition) is 6. The number of thiophene rings is 1. The van der Waals surface area contributed by atoms with Crippen molar-refractivity contribution < 1.29 is 13.2 Å². The second-order valence-corrected chi connectivity index (χ2v) is 7.06. The molecule has 2 aromatic rings. The molecule has 2 aromatic heterocycles. The first-order chi connectivity index (χ1) is 10.6. The fourth-order valence-corrected chi connectivity index (χ4v) is 4.84. The average molecular weight is 334 g/mol. The summed E-state index contributed by atoms with van der Waals surface area (Å²) < 4.78 is 26.0. The smallest absolute Gasteiger partial charge is 0.277 e. The van der Waals surface area contributed by atoms with E-state index >= 15 is 0 Å². The lowest BCUT2D eigenvalue weighted by Crippen LogP contribution is -2.50. The lowest BCUT2D eigenvalue weighted by Gasteiger charge is -2.33. The molecule has 0 saturated carbocycles. The van der Waals surface area contributed by atoms with Gasteiger partial charge < -0.3 is 0 Å². The average Bonchev–Trinajstić information content (AvgIpc) is 3.00. The minimum atomic E-state index is -3.93. The van der Waals surface area contributed by atoms with E-state index in [1.165, 1.54) is 22.9 Å². The number of anilines is 1. The molecule has 0 N–H and O–H groups in total. The van der Waals surface area contributed by atoms with Crippen molar-refractivity contribution >= 4 is 33.1 Å². The maximum atomic E-state index is 12.6. The maximum absolute atomic E-state index is 12.6. The Balaban J connectivity index is 2.07. The Morgan fingerprint density at radius 2 is 2.14 bits per heavy atom. The lowest BCUT2D eigenvalue weighted by molar-refractivity contribution is 0.227. The molecule has 0 aliphatic carbocycles. The number of urea groups is 1. The Labute approximate surface area is 131 Å². The third-order valence-corrected chi connectivity index (χ3v) is 5.80. The number of rotatable bonds is 3. The molecule has 0 radical (unpaired) electrons. The van der Waals surface area contributed by atoms with Gasteiger partial charge in [-0.15, -0.1) is 11.3 Å². The predicted octanol–water partition coefficient (Wildman–Crippen LogP) is 1.80. The molecule has 7 nitrogen and oxygen atoms in total. The zero-order valence-corrected chi connectivity index (χ0v) is 12.8. The third-order valence-electron chi connectivity index (χ3n) is 3.17. The van der Waals surface area contributed by atoms with Gasteiger partial charge in [-0.05, 0) is 12.1 Å². The zero-order valence-electron chi connectivity index (χ0n) is 11.2. The molecule has 0 atom stereocenters. The van der Waals surface area contributed by atoms with Crippen LogP contribution < -0.4 is 4.90 Å². The van der Waals surface area contributed by atoms with Crippen LogP contribution in [0, 0.1) is 11.3 Å². The highest BCUT2D eigenvalue weighted by Gasteiger charge is 2.42. The highest BCUT2D eigenvalue weighted by molar-refractivity contribution is 7.90. The van der Waals surface area contributed by atoms with Crippen molar-refractivity contribution in [2.75, 3.05) is 11.4 Å². The first-order valence-electron chi connectivity index (χ1n) is 6.23. The van der Waals surface area contributed by atoms with Crippen LogP contribution in [0.5, 0.6) is 0 Å². The van der Waals surface area contributed by atoms with Crippen molar-refractivity contribution in [2.45, 2.75) is 11.4 Å². The van der Waals surface area contributed by atoms with E-state index in [1.54, 1.807) is 23.6 Å². The number of fused-ring (bicyclic) bond motifs is 1. The van der Waals surface area contributed by atoms with Crippen LogP contribution in [0.2, 0.25) is 0 Å². The topological polar surface area (TPSA) is 94.4 Å². The van der Waals surface area contributed by atoms with Crippen LogP contribution in [0.15, 0.2) is 40.1 Å². The highest BCUT2D eigenvalue weighted by Crippen LogP contribution is 2.37. The van der Waals surface area contributed by atoms with Gasteiger partial charge in [0, 0.05) is 17.0 Å². The van der Waals surface area contributed by atoms with Gasteiger partial charge in [-0.3, -0.25) is 9.88 Å². The van der Waals surface area contributed by atoms with E-state index in [1.807, 2.05) is 6.07 Å². The molecule has 112 valence electrons. The van der Waals surface area contributed by atoms with E-state index in [0.29, 0.717) is 5.69 Å². The molecule has 2 amide bonds. The molecule has 9 heteroatoms. The van der Waals surface area contributed by atoms with Gasteiger partial charge in [0.15, 0.2) is 0 Å². The van der Waals surface area contributed by atoms with Crippen molar-refractivity contribution in [1.29, 1.82) is 5.26 Å². The molecule has 3 rings (SSSR count). The second-order valence-electron chi connectivity index (χ2n) is 4.48. The molecule has 1 aliphatic rings. The third kappa shape index (κ3) is 2.22. The SMILES string of the molecule is N#CCN1C(=O)N(Cc2ccccn2)S(=O)(=O)c2cscc21. The molecule has 3 heterocycles. The summed E-state index contributed by atoms with van der Waals surface area (Å²) in [4.78, 5) is 17.8. The van der Waals surface area contributed by atoms with E-state index in [0.717, 1.165) is 9.21 Å². The summed E-state index contributed by atoms with van der Waals surface area (Å²) in [6.45, 7) is -0.379. The quantitative estimate of drug-likeness (QED) is 0.798. The summed E-state index contributed by atoms with van der Waals surface area (Å²) in [6.07, 6.45) is 1.53. The largest absolute Gasteiger partial charge is 0.339 e. The van der Waals surface area contributed by atoms with Crippen LogP contribution in [0.3, 0.4) is 0 Å². The number of nitrogens with zero attached hydrogens (tertiary/aromatic N) is 4. The lowest BCUT2D eigenvalue weighted by atomic mass is 10.3. The second kappa shape index (κ2) is 5.40. The van der Waals surface area contributed by atoms with E-state index in [-0.39, 0.29) is 23.7 Å². The molecule has 0 unspecified atom stereocenters. The van der Waals surface area contributed by atoms with Gasteiger partial charge in [-0.1, -0.05) is 6.07 Å². The van der Waals surface area contributed by atoms with Crippen molar-refractivity contribution in [2.24, 2.45) is 0 Å². The molecule has 0 aromatic carbocycles. The van der Waals surface area contributed by atoms with Gasteiger partial charge in [0.2, 0.25) is 0 Å². The Morgan fingerprint density at radius 1 is 1.32 bits per heavy atom. The van der Waals surface area contributed by atoms with Crippen molar-refractivity contribution in [3.05, 3.63) is 40.8 Å². The summed E-state index contributed by atoms with van der Waals surface area (Å²) in [5, 5.41) is 11.9. The first-order valence-corrected chi connectivity index (χ1v) is 8.61. The summed E-state index contributed by atoms with van der Waals surface area (Å²) in [7, 11) is -3.93. The Morgan fingerprint density at radius 3 is 2.82 bits per heavy atom. The minimum absolute atomic E-state index is 0.0447. The van der Waals surface area contributed by atoms with Crippen LogP contribution in [-0.2, 0) is 16.6 Å². The Bertz CT molecular complexity index is 855. The molecule has 0 bridgehead atoms. The molecule has 0 spiro atoms. The van der Waals surface area contributed by atoms with Crippen molar-refractivity contribution in [3.8, 4) is 6.07 Å². The van der Waals surface area contributed by atoms with Crippen LogP contribution >= 0.6 is 11.3 Å². The van der Waals surface area contributed by atoms with Crippen LogP contribution in [-0.4, -0.2) is 30.3 Å². The number of pyridine rings is 1. The summed E-state index contributed by atoms with van der Waals surface area (Å²) in [5.74, 6) is 0. The number of amides is 2. The number of carbonyl (C=O) groups excluding carboxylic acids is 1. The van der Waals surface area contributed by atoms with E-state index in [2.05, 4.69) is 4.98 Å². The Hall–Kier alpha value is -2.44. The van der Waals surface area contributed by atoms with Gasteiger partial charge in [0.1, 0.15) is 11.4 Å². The number of aromatic nitrogens is 1. The summed E-state index contributed by atoms with van der Waals surface area (Å²) in [5.41, 5.74) is 0.712. The standard InChI is InChI=1S/C13H10N4O3S2/c14-4-6-16-11-8-21-9-12(11)22(19,20)17(13(16)18)7-10-3-1-2-5-15-10/h1-3,5,8-9H,6-7H2. The molecular weight excluding hydrogens is 324 g/mol. The molecule has 1 aliphatic heterocycles. The van der Waals surface area contributed by atoms with Gasteiger partial charge >= 0.3 is 6.03 Å². The summed E-state index contributed by atoms with van der Waals surface area (Å²) in [6, 6.07) is 6.20. The van der Waals surface area contributed by atoms with Gasteiger partial charge in [-0.25, -0.2) is 17.5 Å². The first kappa shape index (κ1) is 14.5. The fraction of sp³-hybridized carbons (Fsp3) is 0.154. The number of nitriles is 1. The predicted molar refractivity (Wildman–Crippen MR) is 79.6 cm³/mol. The van der Waals surface area contributed by atoms with Gasteiger partial charge in [0.05, 0.1) is 24.0 Å². The monoisotopic (exact) mass is 334 g/mol. The summed E-state index contributed by atoms with van der Waals surface area (Å²) >= 11 is 1.17. The van der Waals surface area contributed by atoms with E-state index < -0.39 is 16.1 Å². The molecular formula is C13H10N4O3S2. The number of hydrogen-bond donors (Lipinski definition) is 0. The molecule has 0 saturated heterocycles.